The van der Waals surface area contributed by atoms with Gasteiger partial charge in [-0.25, -0.2) is 9.37 Å². The summed E-state index contributed by atoms with van der Waals surface area (Å²) in [4.78, 5) is 9.84. The molecule has 1 fully saturated rings. The zero-order chi connectivity index (χ0) is 9.97. The standard InChI is InChI=1S/C8H11FN4S/c9-6-5-11-8(12-7(6)10)13-1-3-14-4-2-13/h5H,1-4H2,(H2,10,11,12). The molecule has 0 aromatic carbocycles. The Morgan fingerprint density at radius 2 is 2.14 bits per heavy atom. The molecule has 0 saturated carbocycles. The minimum atomic E-state index is -0.555. The number of hydrogen-bond donors (Lipinski definition) is 1. The van der Waals surface area contributed by atoms with E-state index in [0.717, 1.165) is 30.8 Å². The second-order valence-electron chi connectivity index (χ2n) is 3.00. The third-order valence-electron chi connectivity index (χ3n) is 2.05. The predicted octanol–water partition coefficient (Wildman–Crippen LogP) is 0.751. The summed E-state index contributed by atoms with van der Waals surface area (Å²) in [6.45, 7) is 1.80. The number of nitrogens with two attached hydrogens (primary N) is 1. The van der Waals surface area contributed by atoms with Gasteiger partial charge in [0.05, 0.1) is 6.20 Å². The molecule has 0 atom stereocenters. The van der Waals surface area contributed by atoms with Crippen LogP contribution in [0.5, 0.6) is 0 Å². The van der Waals surface area contributed by atoms with Crippen molar-refractivity contribution in [3.05, 3.63) is 12.0 Å². The highest BCUT2D eigenvalue weighted by Gasteiger charge is 2.14. The van der Waals surface area contributed by atoms with E-state index in [9.17, 15) is 4.39 Å². The summed E-state index contributed by atoms with van der Waals surface area (Å²) in [5.74, 6) is 2.01. The predicted molar refractivity (Wildman–Crippen MR) is 55.9 cm³/mol. The topological polar surface area (TPSA) is 55.0 Å². The third-order valence-corrected chi connectivity index (χ3v) is 2.99. The van der Waals surface area contributed by atoms with Gasteiger partial charge in [-0.15, -0.1) is 0 Å². The van der Waals surface area contributed by atoms with Gasteiger partial charge in [0.2, 0.25) is 5.95 Å². The van der Waals surface area contributed by atoms with Crippen molar-refractivity contribution >= 4 is 23.5 Å². The molecule has 76 valence electrons. The van der Waals surface area contributed by atoms with Crippen molar-refractivity contribution in [2.24, 2.45) is 0 Å². The zero-order valence-electron chi connectivity index (χ0n) is 7.61. The largest absolute Gasteiger partial charge is 0.381 e. The van der Waals surface area contributed by atoms with Crippen LogP contribution in [0.2, 0.25) is 0 Å². The summed E-state index contributed by atoms with van der Waals surface area (Å²) in [5, 5.41) is 0. The van der Waals surface area contributed by atoms with Gasteiger partial charge in [-0.1, -0.05) is 0 Å². The molecule has 0 aliphatic carbocycles. The number of aromatic nitrogens is 2. The average Bonchev–Trinajstić information content (AvgIpc) is 2.23. The van der Waals surface area contributed by atoms with Crippen LogP contribution < -0.4 is 10.6 Å². The normalized spacial score (nSPS) is 17.1. The molecule has 1 aromatic rings. The summed E-state index contributed by atoms with van der Waals surface area (Å²) in [5.41, 5.74) is 5.37. The van der Waals surface area contributed by atoms with Gasteiger partial charge in [-0.05, 0) is 0 Å². The minimum Gasteiger partial charge on any atom is -0.381 e. The number of halogens is 1. The van der Waals surface area contributed by atoms with Crippen LogP contribution in [0.3, 0.4) is 0 Å². The van der Waals surface area contributed by atoms with Gasteiger partial charge in [-0.3, -0.25) is 0 Å². The first-order valence-electron chi connectivity index (χ1n) is 4.38. The van der Waals surface area contributed by atoms with Gasteiger partial charge in [0.25, 0.3) is 0 Å². The molecule has 0 unspecified atom stereocenters. The number of anilines is 2. The molecular weight excluding hydrogens is 203 g/mol. The van der Waals surface area contributed by atoms with Crippen LogP contribution in [0.4, 0.5) is 16.2 Å². The highest BCUT2D eigenvalue weighted by atomic mass is 32.2. The van der Waals surface area contributed by atoms with E-state index in [1.165, 1.54) is 0 Å². The monoisotopic (exact) mass is 214 g/mol. The molecule has 2 rings (SSSR count). The van der Waals surface area contributed by atoms with Crippen molar-refractivity contribution in [3.8, 4) is 0 Å². The summed E-state index contributed by atoms with van der Waals surface area (Å²) in [6.07, 6.45) is 1.12. The number of thioether (sulfide) groups is 1. The average molecular weight is 214 g/mol. The molecule has 14 heavy (non-hydrogen) atoms. The molecule has 0 bridgehead atoms. The van der Waals surface area contributed by atoms with E-state index in [0.29, 0.717) is 5.95 Å². The van der Waals surface area contributed by atoms with Gasteiger partial charge in [0, 0.05) is 24.6 Å². The number of nitrogens with zero attached hydrogens (tertiary/aromatic N) is 3. The lowest BCUT2D eigenvalue weighted by Gasteiger charge is -2.26. The highest BCUT2D eigenvalue weighted by molar-refractivity contribution is 7.99. The number of hydrogen-bond acceptors (Lipinski definition) is 5. The van der Waals surface area contributed by atoms with Crippen molar-refractivity contribution in [2.75, 3.05) is 35.2 Å². The highest BCUT2D eigenvalue weighted by Crippen LogP contribution is 2.16. The lowest BCUT2D eigenvalue weighted by atomic mass is 10.5. The molecule has 1 aliphatic rings. The fourth-order valence-corrected chi connectivity index (χ4v) is 2.19. The van der Waals surface area contributed by atoms with Gasteiger partial charge < -0.3 is 10.6 Å². The van der Waals surface area contributed by atoms with Crippen molar-refractivity contribution < 1.29 is 4.39 Å². The van der Waals surface area contributed by atoms with Gasteiger partial charge in [0.15, 0.2) is 11.6 Å². The van der Waals surface area contributed by atoms with Gasteiger partial charge >= 0.3 is 0 Å². The molecule has 1 aliphatic heterocycles. The van der Waals surface area contributed by atoms with Gasteiger partial charge in [-0.2, -0.15) is 16.7 Å². The summed E-state index contributed by atoms with van der Waals surface area (Å²) < 4.78 is 12.8. The first-order chi connectivity index (χ1) is 6.77. The van der Waals surface area contributed by atoms with E-state index in [2.05, 4.69) is 9.97 Å². The van der Waals surface area contributed by atoms with E-state index >= 15 is 0 Å². The van der Waals surface area contributed by atoms with E-state index in [-0.39, 0.29) is 5.82 Å². The Morgan fingerprint density at radius 3 is 2.79 bits per heavy atom. The van der Waals surface area contributed by atoms with Crippen LogP contribution in [0.15, 0.2) is 6.20 Å². The van der Waals surface area contributed by atoms with Crippen molar-refractivity contribution in [3.63, 3.8) is 0 Å². The van der Waals surface area contributed by atoms with Crippen LogP contribution in [-0.2, 0) is 0 Å². The second kappa shape index (κ2) is 4.00. The zero-order valence-corrected chi connectivity index (χ0v) is 8.43. The molecule has 0 radical (unpaired) electrons. The SMILES string of the molecule is Nc1nc(N2CCSCC2)ncc1F. The van der Waals surface area contributed by atoms with E-state index in [1.54, 1.807) is 0 Å². The molecule has 2 N–H and O–H groups in total. The van der Waals surface area contributed by atoms with Crippen molar-refractivity contribution in [2.45, 2.75) is 0 Å². The number of nitrogen functional groups attached to an aromatic ring is 1. The second-order valence-corrected chi connectivity index (χ2v) is 4.23. The Bertz CT molecular complexity index is 327. The molecule has 1 aromatic heterocycles. The van der Waals surface area contributed by atoms with Crippen molar-refractivity contribution in [1.29, 1.82) is 0 Å². The Hall–Kier alpha value is -1.04. The van der Waals surface area contributed by atoms with E-state index < -0.39 is 5.82 Å². The van der Waals surface area contributed by atoms with Crippen LogP contribution in [0.25, 0.3) is 0 Å². The van der Waals surface area contributed by atoms with Crippen LogP contribution >= 0.6 is 11.8 Å². The molecule has 4 nitrogen and oxygen atoms in total. The fourth-order valence-electron chi connectivity index (χ4n) is 1.29. The summed E-state index contributed by atoms with van der Waals surface area (Å²) >= 11 is 1.90. The summed E-state index contributed by atoms with van der Waals surface area (Å²) in [6, 6.07) is 0. The van der Waals surface area contributed by atoms with Crippen molar-refractivity contribution in [1.82, 2.24) is 9.97 Å². The lowest BCUT2D eigenvalue weighted by Crippen LogP contribution is -2.34. The molecule has 0 amide bonds. The van der Waals surface area contributed by atoms with Crippen LogP contribution in [-0.4, -0.2) is 34.6 Å². The number of rotatable bonds is 1. The molecule has 6 heteroatoms. The Morgan fingerprint density at radius 1 is 1.43 bits per heavy atom. The Labute approximate surface area is 85.7 Å². The third kappa shape index (κ3) is 1.89. The smallest absolute Gasteiger partial charge is 0.227 e. The maximum absolute atomic E-state index is 12.8. The maximum Gasteiger partial charge on any atom is 0.227 e. The maximum atomic E-state index is 12.8. The van der Waals surface area contributed by atoms with E-state index in [4.69, 9.17) is 5.73 Å². The molecule has 1 saturated heterocycles. The summed E-state index contributed by atoms with van der Waals surface area (Å²) in [7, 11) is 0. The lowest BCUT2D eigenvalue weighted by molar-refractivity contribution is 0.617. The molecule has 0 spiro atoms. The van der Waals surface area contributed by atoms with E-state index in [1.807, 2.05) is 16.7 Å². The first kappa shape index (κ1) is 9.51. The quantitative estimate of drug-likeness (QED) is 0.747. The Balaban J connectivity index is 2.18. The minimum absolute atomic E-state index is 0.0757. The molecular formula is C8H11FN4S. The first-order valence-corrected chi connectivity index (χ1v) is 5.53. The van der Waals surface area contributed by atoms with Crippen LogP contribution in [0, 0.1) is 5.82 Å². The Kier molecular flexibility index (Phi) is 2.72. The van der Waals surface area contributed by atoms with Gasteiger partial charge in [0.1, 0.15) is 0 Å². The fraction of sp³-hybridized carbons (Fsp3) is 0.500. The van der Waals surface area contributed by atoms with Crippen LogP contribution in [0.1, 0.15) is 0 Å². The molecule has 2 heterocycles.